The summed E-state index contributed by atoms with van der Waals surface area (Å²) in [7, 11) is 1.92. The van der Waals surface area contributed by atoms with Gasteiger partial charge >= 0.3 is 5.97 Å². The van der Waals surface area contributed by atoms with Gasteiger partial charge in [-0.15, -0.1) is 0 Å². The second-order valence-corrected chi connectivity index (χ2v) is 4.14. The number of imidazole rings is 1. The van der Waals surface area contributed by atoms with Crippen molar-refractivity contribution in [3.8, 4) is 0 Å². The normalized spacial score (nSPS) is 11.2. The number of aliphatic carboxylic acids is 1. The summed E-state index contributed by atoms with van der Waals surface area (Å²) in [4.78, 5) is 19.7. The van der Waals surface area contributed by atoms with Gasteiger partial charge in [0.15, 0.2) is 0 Å². The molecule has 2 N–H and O–H groups in total. The number of aromatic amines is 1. The summed E-state index contributed by atoms with van der Waals surface area (Å²) in [5, 5.41) is 8.60. The van der Waals surface area contributed by atoms with Crippen LogP contribution in [0.15, 0.2) is 24.5 Å². The number of H-pyrrole nitrogens is 1. The number of carbonyl (C=O) groups is 1. The second kappa shape index (κ2) is 4.97. The van der Waals surface area contributed by atoms with Crippen molar-refractivity contribution in [1.29, 1.82) is 0 Å². The first kappa shape index (κ1) is 11.6. The molecule has 0 aliphatic heterocycles. The molecule has 0 unspecified atom stereocenters. The molecule has 0 bridgehead atoms. The largest absolute Gasteiger partial charge is 0.481 e. The van der Waals surface area contributed by atoms with E-state index in [2.05, 4.69) is 9.97 Å². The summed E-state index contributed by atoms with van der Waals surface area (Å²) in [5.74, 6) is -0.763. The summed E-state index contributed by atoms with van der Waals surface area (Å²) in [6.45, 7) is 1.29. The van der Waals surface area contributed by atoms with Crippen LogP contribution in [-0.2, 0) is 11.3 Å². The van der Waals surface area contributed by atoms with Crippen molar-refractivity contribution < 1.29 is 9.90 Å². The van der Waals surface area contributed by atoms with E-state index in [0.29, 0.717) is 6.54 Å². The Morgan fingerprint density at radius 2 is 2.35 bits per heavy atom. The molecule has 90 valence electrons. The third-order valence-corrected chi connectivity index (χ3v) is 2.64. The maximum atomic E-state index is 10.5. The SMILES string of the molecule is CN(CCC(=O)O)Cc1ccc2nc[nH]c2c1. The monoisotopic (exact) mass is 233 g/mol. The van der Waals surface area contributed by atoms with Crippen molar-refractivity contribution in [2.75, 3.05) is 13.6 Å². The Balaban J connectivity index is 1.99. The summed E-state index contributed by atoms with van der Waals surface area (Å²) in [5.41, 5.74) is 3.10. The van der Waals surface area contributed by atoms with Crippen LogP contribution in [0.3, 0.4) is 0 Å². The molecular formula is C12H15N3O2. The molecule has 0 amide bonds. The van der Waals surface area contributed by atoms with E-state index in [1.165, 1.54) is 0 Å². The molecule has 0 fully saturated rings. The van der Waals surface area contributed by atoms with Crippen LogP contribution >= 0.6 is 0 Å². The Bertz CT molecular complexity index is 521. The van der Waals surface area contributed by atoms with Gasteiger partial charge in [-0.3, -0.25) is 4.79 Å². The van der Waals surface area contributed by atoms with Crippen molar-refractivity contribution in [2.45, 2.75) is 13.0 Å². The van der Waals surface area contributed by atoms with Crippen molar-refractivity contribution in [1.82, 2.24) is 14.9 Å². The number of fused-ring (bicyclic) bond motifs is 1. The van der Waals surface area contributed by atoms with Crippen LogP contribution in [0.1, 0.15) is 12.0 Å². The smallest absolute Gasteiger partial charge is 0.304 e. The summed E-state index contributed by atoms with van der Waals surface area (Å²) in [6, 6.07) is 6.02. The van der Waals surface area contributed by atoms with E-state index in [9.17, 15) is 4.79 Å². The number of nitrogens with zero attached hydrogens (tertiary/aromatic N) is 2. The molecule has 0 atom stereocenters. The minimum absolute atomic E-state index is 0.169. The molecule has 1 aromatic heterocycles. The van der Waals surface area contributed by atoms with Gasteiger partial charge in [-0.05, 0) is 24.7 Å². The lowest BCUT2D eigenvalue weighted by atomic mass is 10.2. The number of hydrogen-bond donors (Lipinski definition) is 2. The first-order chi connectivity index (χ1) is 8.15. The average molecular weight is 233 g/mol. The van der Waals surface area contributed by atoms with Crippen LogP contribution in [-0.4, -0.2) is 39.5 Å². The summed E-state index contributed by atoms with van der Waals surface area (Å²) < 4.78 is 0. The van der Waals surface area contributed by atoms with E-state index >= 15 is 0 Å². The zero-order chi connectivity index (χ0) is 12.3. The molecule has 1 heterocycles. The van der Waals surface area contributed by atoms with Crippen molar-refractivity contribution >= 4 is 17.0 Å². The highest BCUT2D eigenvalue weighted by Crippen LogP contribution is 2.12. The Hall–Kier alpha value is -1.88. The number of carboxylic acid groups (broad SMARTS) is 1. The molecule has 2 aromatic rings. The molecule has 17 heavy (non-hydrogen) atoms. The second-order valence-electron chi connectivity index (χ2n) is 4.14. The van der Waals surface area contributed by atoms with Crippen LogP contribution in [0.2, 0.25) is 0 Å². The zero-order valence-electron chi connectivity index (χ0n) is 9.68. The van der Waals surface area contributed by atoms with Gasteiger partial charge in [-0.25, -0.2) is 4.98 Å². The summed E-state index contributed by atoms with van der Waals surface area (Å²) >= 11 is 0. The molecule has 0 radical (unpaired) electrons. The van der Waals surface area contributed by atoms with Crippen LogP contribution < -0.4 is 0 Å². The lowest BCUT2D eigenvalue weighted by molar-refractivity contribution is -0.137. The van der Waals surface area contributed by atoms with E-state index in [0.717, 1.165) is 23.1 Å². The average Bonchev–Trinajstić information content (AvgIpc) is 2.73. The van der Waals surface area contributed by atoms with Crippen LogP contribution in [0.4, 0.5) is 0 Å². The van der Waals surface area contributed by atoms with E-state index in [4.69, 9.17) is 5.11 Å². The Morgan fingerprint density at radius 3 is 3.12 bits per heavy atom. The molecule has 5 nitrogen and oxygen atoms in total. The Kier molecular flexibility index (Phi) is 3.39. The molecule has 0 saturated carbocycles. The lowest BCUT2D eigenvalue weighted by Crippen LogP contribution is -2.21. The zero-order valence-corrected chi connectivity index (χ0v) is 9.68. The van der Waals surface area contributed by atoms with Crippen LogP contribution in [0.25, 0.3) is 11.0 Å². The fraction of sp³-hybridized carbons (Fsp3) is 0.333. The predicted molar refractivity (Wildman–Crippen MR) is 64.7 cm³/mol. The minimum atomic E-state index is -0.763. The molecule has 0 saturated heterocycles. The van der Waals surface area contributed by atoms with E-state index in [1.807, 2.05) is 30.1 Å². The highest BCUT2D eigenvalue weighted by molar-refractivity contribution is 5.75. The predicted octanol–water partition coefficient (Wildman–Crippen LogP) is 1.47. The molecule has 1 aromatic carbocycles. The van der Waals surface area contributed by atoms with Gasteiger partial charge in [0.25, 0.3) is 0 Å². The quantitative estimate of drug-likeness (QED) is 0.820. The van der Waals surface area contributed by atoms with Crippen LogP contribution in [0, 0.1) is 0 Å². The number of aromatic nitrogens is 2. The van der Waals surface area contributed by atoms with Gasteiger partial charge in [0.1, 0.15) is 0 Å². The highest BCUT2D eigenvalue weighted by atomic mass is 16.4. The van der Waals surface area contributed by atoms with Gasteiger partial charge < -0.3 is 15.0 Å². The van der Waals surface area contributed by atoms with Gasteiger partial charge in [0, 0.05) is 13.1 Å². The maximum absolute atomic E-state index is 10.5. The third-order valence-electron chi connectivity index (χ3n) is 2.64. The number of nitrogens with one attached hydrogen (secondary N) is 1. The molecule has 0 spiro atoms. The van der Waals surface area contributed by atoms with E-state index in [1.54, 1.807) is 6.33 Å². The van der Waals surface area contributed by atoms with E-state index in [-0.39, 0.29) is 6.42 Å². The van der Waals surface area contributed by atoms with Crippen LogP contribution in [0.5, 0.6) is 0 Å². The van der Waals surface area contributed by atoms with Crippen molar-refractivity contribution in [2.24, 2.45) is 0 Å². The number of rotatable bonds is 5. The molecule has 2 rings (SSSR count). The Morgan fingerprint density at radius 1 is 1.53 bits per heavy atom. The first-order valence-corrected chi connectivity index (χ1v) is 5.47. The minimum Gasteiger partial charge on any atom is -0.481 e. The summed E-state index contributed by atoms with van der Waals surface area (Å²) in [6.07, 6.45) is 1.84. The van der Waals surface area contributed by atoms with Gasteiger partial charge in [-0.1, -0.05) is 6.07 Å². The number of carboxylic acids is 1. The van der Waals surface area contributed by atoms with Gasteiger partial charge in [-0.2, -0.15) is 0 Å². The third kappa shape index (κ3) is 3.04. The molecular weight excluding hydrogens is 218 g/mol. The fourth-order valence-electron chi connectivity index (χ4n) is 1.76. The Labute approximate surface area is 99.1 Å². The lowest BCUT2D eigenvalue weighted by Gasteiger charge is -2.15. The number of benzene rings is 1. The van der Waals surface area contributed by atoms with Gasteiger partial charge in [0.05, 0.1) is 23.8 Å². The van der Waals surface area contributed by atoms with E-state index < -0.39 is 5.97 Å². The topological polar surface area (TPSA) is 69.2 Å². The standard InChI is InChI=1S/C12H15N3O2/c1-15(5-4-12(16)17)7-9-2-3-10-11(6-9)14-8-13-10/h2-3,6,8H,4-5,7H2,1H3,(H,13,14)(H,16,17). The molecule has 5 heteroatoms. The van der Waals surface area contributed by atoms with Crippen molar-refractivity contribution in [3.05, 3.63) is 30.1 Å². The van der Waals surface area contributed by atoms with Gasteiger partial charge in [0.2, 0.25) is 0 Å². The highest BCUT2D eigenvalue weighted by Gasteiger charge is 2.04. The van der Waals surface area contributed by atoms with Crippen molar-refractivity contribution in [3.63, 3.8) is 0 Å². The molecule has 0 aliphatic rings. The fourth-order valence-corrected chi connectivity index (χ4v) is 1.76. The molecule has 0 aliphatic carbocycles. The number of hydrogen-bond acceptors (Lipinski definition) is 3. The maximum Gasteiger partial charge on any atom is 0.304 e. The first-order valence-electron chi connectivity index (χ1n) is 5.47.